The first-order valence-electron chi connectivity index (χ1n) is 10.8. The molecule has 1 aromatic carbocycles. The van der Waals surface area contributed by atoms with Crippen molar-refractivity contribution in [3.8, 4) is 0 Å². The molecular weight excluding hydrogens is 388 g/mol. The minimum absolute atomic E-state index is 0.163. The van der Waals surface area contributed by atoms with Gasteiger partial charge < -0.3 is 5.32 Å². The van der Waals surface area contributed by atoms with Crippen LogP contribution in [0.3, 0.4) is 0 Å². The molecule has 0 unspecified atom stereocenters. The second kappa shape index (κ2) is 7.65. The molecule has 1 aliphatic rings. The van der Waals surface area contributed by atoms with Gasteiger partial charge in [0.25, 0.3) is 5.91 Å². The number of aromatic nitrogens is 5. The second-order valence-corrected chi connectivity index (χ2v) is 8.61. The molecule has 1 saturated carbocycles. The number of pyridine rings is 1. The molecule has 1 amide bonds. The average Bonchev–Trinajstić information content (AvgIpc) is 3.36. The summed E-state index contributed by atoms with van der Waals surface area (Å²) in [5.74, 6) is 0.947. The zero-order valence-electron chi connectivity index (χ0n) is 18.0. The number of hydrogen-bond acceptors (Lipinski definition) is 4. The van der Waals surface area contributed by atoms with Crippen LogP contribution in [-0.2, 0) is 6.54 Å². The Bertz CT molecular complexity index is 1260. The molecule has 0 aliphatic heterocycles. The van der Waals surface area contributed by atoms with E-state index in [4.69, 9.17) is 4.98 Å². The van der Waals surface area contributed by atoms with Crippen molar-refractivity contribution in [2.45, 2.75) is 52.1 Å². The Labute approximate surface area is 181 Å². The molecule has 1 fully saturated rings. The van der Waals surface area contributed by atoms with Crippen molar-refractivity contribution in [1.29, 1.82) is 0 Å². The number of carbonyl (C=O) groups is 1. The van der Waals surface area contributed by atoms with Crippen molar-refractivity contribution in [2.75, 3.05) is 5.32 Å². The van der Waals surface area contributed by atoms with E-state index in [1.807, 2.05) is 27.6 Å². The molecule has 7 heteroatoms. The SMILES string of the molecule is Cc1cccc(Cn2nccc2NC(=O)c2cc(C3CC3)nc3c2cnn3C(C)C)c1. The quantitative estimate of drug-likeness (QED) is 0.496. The highest BCUT2D eigenvalue weighted by Gasteiger charge is 2.28. The van der Waals surface area contributed by atoms with E-state index in [9.17, 15) is 4.79 Å². The Balaban J connectivity index is 1.47. The minimum atomic E-state index is -0.163. The maximum atomic E-state index is 13.3. The normalized spacial score (nSPS) is 13.8. The number of fused-ring (bicyclic) bond motifs is 1. The summed E-state index contributed by atoms with van der Waals surface area (Å²) in [7, 11) is 0. The molecular formula is C24H26N6O. The Hall–Kier alpha value is -3.48. The number of benzene rings is 1. The zero-order chi connectivity index (χ0) is 21.5. The van der Waals surface area contributed by atoms with Crippen LogP contribution in [0.25, 0.3) is 11.0 Å². The third kappa shape index (κ3) is 3.83. The fraction of sp³-hybridized carbons (Fsp3) is 0.333. The van der Waals surface area contributed by atoms with E-state index in [0.29, 0.717) is 23.8 Å². The lowest BCUT2D eigenvalue weighted by Crippen LogP contribution is -2.17. The van der Waals surface area contributed by atoms with Crippen LogP contribution in [0.4, 0.5) is 5.82 Å². The molecule has 1 N–H and O–H groups in total. The number of anilines is 1. The monoisotopic (exact) mass is 414 g/mol. The van der Waals surface area contributed by atoms with Gasteiger partial charge in [-0.15, -0.1) is 0 Å². The van der Waals surface area contributed by atoms with E-state index < -0.39 is 0 Å². The van der Waals surface area contributed by atoms with E-state index in [-0.39, 0.29) is 11.9 Å². The lowest BCUT2D eigenvalue weighted by molar-refractivity contribution is 0.102. The number of hydrogen-bond donors (Lipinski definition) is 1. The highest BCUT2D eigenvalue weighted by Crippen LogP contribution is 2.40. The fourth-order valence-electron chi connectivity index (χ4n) is 3.92. The predicted octanol–water partition coefficient (Wildman–Crippen LogP) is 4.70. The van der Waals surface area contributed by atoms with Gasteiger partial charge in [-0.05, 0) is 45.2 Å². The maximum absolute atomic E-state index is 13.3. The van der Waals surface area contributed by atoms with Crippen molar-refractivity contribution in [3.63, 3.8) is 0 Å². The van der Waals surface area contributed by atoms with Gasteiger partial charge in [-0.25, -0.2) is 14.3 Å². The Morgan fingerprint density at radius 2 is 2.03 bits per heavy atom. The van der Waals surface area contributed by atoms with Crippen LogP contribution < -0.4 is 5.32 Å². The third-order valence-electron chi connectivity index (χ3n) is 5.69. The fourth-order valence-corrected chi connectivity index (χ4v) is 3.92. The van der Waals surface area contributed by atoms with Gasteiger partial charge in [-0.3, -0.25) is 4.79 Å². The number of rotatable bonds is 6. The van der Waals surface area contributed by atoms with Gasteiger partial charge in [0.2, 0.25) is 0 Å². The van der Waals surface area contributed by atoms with Gasteiger partial charge in [-0.2, -0.15) is 10.2 Å². The number of nitrogens with one attached hydrogen (secondary N) is 1. The summed E-state index contributed by atoms with van der Waals surface area (Å²) in [5, 5.41) is 12.7. The molecule has 0 bridgehead atoms. The maximum Gasteiger partial charge on any atom is 0.257 e. The lowest BCUT2D eigenvalue weighted by atomic mass is 10.1. The second-order valence-electron chi connectivity index (χ2n) is 8.61. The van der Waals surface area contributed by atoms with Crippen LogP contribution in [0.15, 0.2) is 48.8 Å². The van der Waals surface area contributed by atoms with E-state index in [0.717, 1.165) is 35.1 Å². The highest BCUT2D eigenvalue weighted by molar-refractivity contribution is 6.11. The van der Waals surface area contributed by atoms with E-state index >= 15 is 0 Å². The van der Waals surface area contributed by atoms with Crippen LogP contribution in [0.2, 0.25) is 0 Å². The zero-order valence-corrected chi connectivity index (χ0v) is 18.0. The van der Waals surface area contributed by atoms with Gasteiger partial charge in [0.05, 0.1) is 29.9 Å². The van der Waals surface area contributed by atoms with Gasteiger partial charge >= 0.3 is 0 Å². The molecule has 7 nitrogen and oxygen atoms in total. The molecule has 0 radical (unpaired) electrons. The number of carbonyl (C=O) groups excluding carboxylic acids is 1. The predicted molar refractivity (Wildman–Crippen MR) is 120 cm³/mol. The van der Waals surface area contributed by atoms with Crippen molar-refractivity contribution >= 4 is 22.8 Å². The van der Waals surface area contributed by atoms with E-state index in [1.165, 1.54) is 5.56 Å². The Morgan fingerprint density at radius 1 is 1.19 bits per heavy atom. The summed E-state index contributed by atoms with van der Waals surface area (Å²) < 4.78 is 3.70. The van der Waals surface area contributed by atoms with Crippen LogP contribution in [0.1, 0.15) is 65.8 Å². The largest absolute Gasteiger partial charge is 0.307 e. The molecule has 5 rings (SSSR count). The average molecular weight is 415 g/mol. The molecule has 31 heavy (non-hydrogen) atoms. The van der Waals surface area contributed by atoms with Gasteiger partial charge in [0, 0.05) is 23.7 Å². The molecule has 0 saturated heterocycles. The first kappa shape index (κ1) is 19.5. The molecule has 3 aromatic heterocycles. The Kier molecular flexibility index (Phi) is 4.81. The number of nitrogens with zero attached hydrogens (tertiary/aromatic N) is 5. The summed E-state index contributed by atoms with van der Waals surface area (Å²) in [6, 6.07) is 12.2. The first-order valence-corrected chi connectivity index (χ1v) is 10.8. The summed E-state index contributed by atoms with van der Waals surface area (Å²) in [4.78, 5) is 18.2. The molecule has 1 aliphatic carbocycles. The van der Waals surface area contributed by atoms with E-state index in [2.05, 4.69) is 54.5 Å². The molecule has 0 spiro atoms. The topological polar surface area (TPSA) is 77.6 Å². The summed E-state index contributed by atoms with van der Waals surface area (Å²) >= 11 is 0. The highest BCUT2D eigenvalue weighted by atomic mass is 16.1. The molecule has 4 aromatic rings. The standard InChI is InChI=1S/C24H26N6O/c1-15(2)30-23-20(13-26-30)19(12-21(27-23)18-7-8-18)24(31)28-22-9-10-25-29(22)14-17-6-4-5-16(3)11-17/h4-6,9-13,15,18H,7-8,14H2,1-3H3,(H,28,31). The Morgan fingerprint density at radius 3 is 2.77 bits per heavy atom. The van der Waals surface area contributed by atoms with Gasteiger partial charge in [0.15, 0.2) is 5.65 Å². The number of aryl methyl sites for hydroxylation is 1. The number of amides is 1. The van der Waals surface area contributed by atoms with Crippen LogP contribution in [0, 0.1) is 6.92 Å². The summed E-state index contributed by atoms with van der Waals surface area (Å²) in [5.41, 5.74) is 4.71. The summed E-state index contributed by atoms with van der Waals surface area (Å²) in [6.07, 6.45) is 5.70. The van der Waals surface area contributed by atoms with Crippen LogP contribution >= 0.6 is 0 Å². The first-order chi connectivity index (χ1) is 15.0. The smallest absolute Gasteiger partial charge is 0.257 e. The van der Waals surface area contributed by atoms with Gasteiger partial charge in [-0.1, -0.05) is 29.8 Å². The molecule has 0 atom stereocenters. The van der Waals surface area contributed by atoms with Gasteiger partial charge in [0.1, 0.15) is 5.82 Å². The lowest BCUT2D eigenvalue weighted by Gasteiger charge is -2.12. The molecule has 158 valence electrons. The van der Waals surface area contributed by atoms with Crippen molar-refractivity contribution in [2.24, 2.45) is 0 Å². The van der Waals surface area contributed by atoms with Crippen molar-refractivity contribution < 1.29 is 4.79 Å². The van der Waals surface area contributed by atoms with Crippen molar-refractivity contribution in [3.05, 3.63) is 71.2 Å². The third-order valence-corrected chi connectivity index (χ3v) is 5.69. The van der Waals surface area contributed by atoms with Crippen molar-refractivity contribution in [1.82, 2.24) is 24.5 Å². The summed E-state index contributed by atoms with van der Waals surface area (Å²) in [6.45, 7) is 6.80. The van der Waals surface area contributed by atoms with Crippen LogP contribution in [0.5, 0.6) is 0 Å². The van der Waals surface area contributed by atoms with E-state index in [1.54, 1.807) is 12.4 Å². The molecule has 3 heterocycles. The minimum Gasteiger partial charge on any atom is -0.307 e. The van der Waals surface area contributed by atoms with Crippen LogP contribution in [-0.4, -0.2) is 30.5 Å².